The average molecular weight is 342 g/mol. The molecule has 1 aromatic carbocycles. The van der Waals surface area contributed by atoms with Crippen LogP contribution in [0.1, 0.15) is 24.8 Å². The molecule has 0 spiro atoms. The molecule has 0 aromatic heterocycles. The number of carbonyl (C=O) groups excluding carboxylic acids is 1. The number of aryl methyl sites for hydroxylation is 1. The minimum atomic E-state index is 0.0380. The third-order valence-corrected chi connectivity index (χ3v) is 4.11. The Hall–Kier alpha value is -1.07. The molecule has 1 N–H and O–H groups in total. The molecule has 0 aliphatic heterocycles. The molecule has 1 aromatic rings. The highest BCUT2D eigenvalue weighted by molar-refractivity contribution is 9.10. The average Bonchev–Trinajstić information content (AvgIpc) is 3.26. The minimum absolute atomic E-state index is 0.0380. The Morgan fingerprint density at radius 3 is 2.80 bits per heavy atom. The van der Waals surface area contributed by atoms with Crippen molar-refractivity contribution in [3.63, 3.8) is 0 Å². The van der Waals surface area contributed by atoms with Crippen molar-refractivity contribution >= 4 is 21.8 Å². The molecule has 1 aliphatic rings. The van der Waals surface area contributed by atoms with E-state index in [1.807, 2.05) is 23.1 Å². The number of ether oxygens (including phenoxy) is 1. The molecule has 1 aliphatic carbocycles. The number of hydrogen-bond acceptors (Lipinski definition) is 3. The fourth-order valence-electron chi connectivity index (χ4n) is 2.27. The number of benzene rings is 1. The second kappa shape index (κ2) is 7.09. The van der Waals surface area contributed by atoms with Gasteiger partial charge in [0.05, 0.1) is 18.2 Å². The molecule has 5 heteroatoms. The zero-order valence-electron chi connectivity index (χ0n) is 11.6. The lowest BCUT2D eigenvalue weighted by atomic mass is 10.1. The number of aliphatic hydroxyl groups is 1. The van der Waals surface area contributed by atoms with Crippen LogP contribution in [-0.2, 0) is 11.2 Å². The van der Waals surface area contributed by atoms with Gasteiger partial charge in [0.1, 0.15) is 5.75 Å². The smallest absolute Gasteiger partial charge is 0.223 e. The lowest BCUT2D eigenvalue weighted by molar-refractivity contribution is -0.132. The Bertz CT molecular complexity index is 474. The number of amides is 1. The second-order valence-corrected chi connectivity index (χ2v) is 5.87. The summed E-state index contributed by atoms with van der Waals surface area (Å²) < 4.78 is 6.09. The number of rotatable bonds is 7. The van der Waals surface area contributed by atoms with Crippen LogP contribution in [0.15, 0.2) is 22.7 Å². The van der Waals surface area contributed by atoms with Crippen LogP contribution in [0.3, 0.4) is 0 Å². The highest BCUT2D eigenvalue weighted by Gasteiger charge is 2.31. The predicted octanol–water partition coefficient (Wildman–Crippen LogP) is 2.37. The van der Waals surface area contributed by atoms with E-state index in [1.54, 1.807) is 7.11 Å². The van der Waals surface area contributed by atoms with Crippen LogP contribution in [0.4, 0.5) is 0 Å². The molecule has 20 heavy (non-hydrogen) atoms. The van der Waals surface area contributed by atoms with Crippen molar-refractivity contribution in [2.75, 3.05) is 20.3 Å². The third kappa shape index (κ3) is 3.96. The SMILES string of the molecule is COc1ccc(CCC(=O)N(CCO)C2CC2)cc1Br. The van der Waals surface area contributed by atoms with E-state index in [-0.39, 0.29) is 12.5 Å². The van der Waals surface area contributed by atoms with Gasteiger partial charge in [0, 0.05) is 19.0 Å². The van der Waals surface area contributed by atoms with Crippen LogP contribution >= 0.6 is 15.9 Å². The van der Waals surface area contributed by atoms with Crippen molar-refractivity contribution < 1.29 is 14.6 Å². The molecule has 1 fully saturated rings. The van der Waals surface area contributed by atoms with Crippen LogP contribution in [0, 0.1) is 0 Å². The van der Waals surface area contributed by atoms with E-state index in [9.17, 15) is 4.79 Å². The fourth-order valence-corrected chi connectivity index (χ4v) is 2.85. The lowest BCUT2D eigenvalue weighted by Crippen LogP contribution is -2.35. The summed E-state index contributed by atoms with van der Waals surface area (Å²) in [5.74, 6) is 0.924. The molecule has 4 nitrogen and oxygen atoms in total. The van der Waals surface area contributed by atoms with Gasteiger partial charge in [-0.2, -0.15) is 0 Å². The predicted molar refractivity (Wildman–Crippen MR) is 80.8 cm³/mol. The van der Waals surface area contributed by atoms with Gasteiger partial charge in [-0.1, -0.05) is 6.07 Å². The van der Waals surface area contributed by atoms with Crippen LogP contribution in [-0.4, -0.2) is 42.2 Å². The van der Waals surface area contributed by atoms with Crippen LogP contribution in [0.2, 0.25) is 0 Å². The van der Waals surface area contributed by atoms with Crippen molar-refractivity contribution in [1.82, 2.24) is 4.90 Å². The monoisotopic (exact) mass is 341 g/mol. The molecule has 2 rings (SSSR count). The Kier molecular flexibility index (Phi) is 5.43. The second-order valence-electron chi connectivity index (χ2n) is 5.01. The van der Waals surface area contributed by atoms with E-state index in [0.29, 0.717) is 25.4 Å². The van der Waals surface area contributed by atoms with Crippen LogP contribution in [0.5, 0.6) is 5.75 Å². The maximum atomic E-state index is 12.2. The molecule has 0 bridgehead atoms. The van der Waals surface area contributed by atoms with E-state index >= 15 is 0 Å². The lowest BCUT2D eigenvalue weighted by Gasteiger charge is -2.21. The molecule has 0 saturated heterocycles. The van der Waals surface area contributed by atoms with Gasteiger partial charge >= 0.3 is 0 Å². The summed E-state index contributed by atoms with van der Waals surface area (Å²) in [5, 5.41) is 9.03. The largest absolute Gasteiger partial charge is 0.496 e. The maximum Gasteiger partial charge on any atom is 0.223 e. The van der Waals surface area contributed by atoms with Crippen molar-refractivity contribution in [2.24, 2.45) is 0 Å². The number of methoxy groups -OCH3 is 1. The summed E-state index contributed by atoms with van der Waals surface area (Å²) in [6, 6.07) is 6.22. The van der Waals surface area contributed by atoms with Gasteiger partial charge in [-0.3, -0.25) is 4.79 Å². The van der Waals surface area contributed by atoms with Gasteiger partial charge in [0.25, 0.3) is 0 Å². The highest BCUT2D eigenvalue weighted by atomic mass is 79.9. The van der Waals surface area contributed by atoms with E-state index < -0.39 is 0 Å². The molecule has 1 amide bonds. The number of aliphatic hydroxyl groups excluding tert-OH is 1. The maximum absolute atomic E-state index is 12.2. The van der Waals surface area contributed by atoms with Crippen molar-refractivity contribution in [3.05, 3.63) is 28.2 Å². The van der Waals surface area contributed by atoms with Gasteiger partial charge < -0.3 is 14.7 Å². The molecular formula is C15H20BrNO3. The van der Waals surface area contributed by atoms with Gasteiger partial charge in [-0.05, 0) is 52.9 Å². The minimum Gasteiger partial charge on any atom is -0.496 e. The molecule has 1 saturated carbocycles. The summed E-state index contributed by atoms with van der Waals surface area (Å²) in [4.78, 5) is 14.0. The topological polar surface area (TPSA) is 49.8 Å². The van der Waals surface area contributed by atoms with Crippen LogP contribution in [0.25, 0.3) is 0 Å². The van der Waals surface area contributed by atoms with Crippen molar-refractivity contribution in [2.45, 2.75) is 31.7 Å². The quantitative estimate of drug-likeness (QED) is 0.828. The van der Waals surface area contributed by atoms with Gasteiger partial charge in [0.15, 0.2) is 0 Å². The summed E-state index contributed by atoms with van der Waals surface area (Å²) >= 11 is 3.45. The van der Waals surface area contributed by atoms with Gasteiger partial charge in [0.2, 0.25) is 5.91 Å². The first-order chi connectivity index (χ1) is 9.65. The number of nitrogens with zero attached hydrogens (tertiary/aromatic N) is 1. The Morgan fingerprint density at radius 2 is 2.25 bits per heavy atom. The molecule has 0 heterocycles. The fraction of sp³-hybridized carbons (Fsp3) is 0.533. The standard InChI is InChI=1S/C15H20BrNO3/c1-20-14-6-2-11(10-13(14)16)3-7-15(19)17(8-9-18)12-4-5-12/h2,6,10,12,18H,3-5,7-9H2,1H3. The van der Waals surface area contributed by atoms with E-state index in [0.717, 1.165) is 28.6 Å². The molecule has 110 valence electrons. The highest BCUT2D eigenvalue weighted by Crippen LogP contribution is 2.28. The first kappa shape index (κ1) is 15.3. The normalized spacial score (nSPS) is 14.2. The first-order valence-electron chi connectivity index (χ1n) is 6.88. The summed E-state index contributed by atoms with van der Waals surface area (Å²) in [7, 11) is 1.63. The van der Waals surface area contributed by atoms with Crippen LogP contribution < -0.4 is 4.74 Å². The number of hydrogen-bond donors (Lipinski definition) is 1. The number of halogens is 1. The van der Waals surface area contributed by atoms with E-state index in [4.69, 9.17) is 9.84 Å². The summed E-state index contributed by atoms with van der Waals surface area (Å²) in [6.07, 6.45) is 3.32. The molecule has 0 unspecified atom stereocenters. The Labute approximate surface area is 127 Å². The van der Waals surface area contributed by atoms with Crippen molar-refractivity contribution in [1.29, 1.82) is 0 Å². The Morgan fingerprint density at radius 1 is 1.50 bits per heavy atom. The zero-order valence-corrected chi connectivity index (χ0v) is 13.2. The molecule has 0 atom stereocenters. The third-order valence-electron chi connectivity index (χ3n) is 3.49. The van der Waals surface area contributed by atoms with Gasteiger partial charge in [-0.15, -0.1) is 0 Å². The number of carbonyl (C=O) groups is 1. The summed E-state index contributed by atoms with van der Waals surface area (Å²) in [6.45, 7) is 0.492. The Balaban J connectivity index is 1.90. The molecule has 0 radical (unpaired) electrons. The zero-order chi connectivity index (χ0) is 14.5. The van der Waals surface area contributed by atoms with Gasteiger partial charge in [-0.25, -0.2) is 0 Å². The van der Waals surface area contributed by atoms with E-state index in [2.05, 4.69) is 15.9 Å². The molecular weight excluding hydrogens is 322 g/mol. The van der Waals surface area contributed by atoms with E-state index in [1.165, 1.54) is 0 Å². The first-order valence-corrected chi connectivity index (χ1v) is 7.67. The van der Waals surface area contributed by atoms with Crippen molar-refractivity contribution in [3.8, 4) is 5.75 Å². The summed E-state index contributed by atoms with van der Waals surface area (Å²) in [5.41, 5.74) is 1.10.